The maximum atomic E-state index is 5.83. The smallest absolute Gasteiger partial charge is 0.179 e. The number of anilines is 1. The molecule has 4 rings (SSSR count). The highest BCUT2D eigenvalue weighted by Gasteiger charge is 2.09. The maximum Gasteiger partial charge on any atom is 0.179 e. The van der Waals surface area contributed by atoms with Crippen molar-refractivity contribution >= 4 is 28.7 Å². The average molecular weight is 337 g/mol. The number of nitrogens with zero attached hydrogens (tertiary/aromatic N) is 5. The standard InChI is InChI=1S/C16H15N7S/c17-14-6-13(15-16(19-14)21-22-20-15)24-10-12-7-18-23(9-12)8-11-4-2-1-3-5-11/h1-7,9H,8,10H2,(H3,17,19,20,21,22). The van der Waals surface area contributed by atoms with Crippen molar-refractivity contribution in [3.63, 3.8) is 0 Å². The Hall–Kier alpha value is -2.87. The molecule has 8 heteroatoms. The summed E-state index contributed by atoms with van der Waals surface area (Å²) >= 11 is 1.65. The van der Waals surface area contributed by atoms with Crippen molar-refractivity contribution in [3.05, 3.63) is 59.9 Å². The molecule has 0 saturated carbocycles. The van der Waals surface area contributed by atoms with Gasteiger partial charge in [0.1, 0.15) is 11.3 Å². The SMILES string of the molecule is Nc1cc(SCc2cnn(Cc3ccccc3)c2)c2nn[nH]c2n1. The number of hydrogen-bond acceptors (Lipinski definition) is 6. The molecular formula is C16H15N7S. The lowest BCUT2D eigenvalue weighted by atomic mass is 10.2. The first-order valence-corrected chi connectivity index (χ1v) is 8.42. The Bertz CT molecular complexity index is 961. The van der Waals surface area contributed by atoms with Crippen molar-refractivity contribution in [3.8, 4) is 0 Å². The van der Waals surface area contributed by atoms with Gasteiger partial charge < -0.3 is 5.73 Å². The molecule has 0 aliphatic heterocycles. The summed E-state index contributed by atoms with van der Waals surface area (Å²) in [5, 5.41) is 15.0. The van der Waals surface area contributed by atoms with E-state index in [1.165, 1.54) is 5.56 Å². The van der Waals surface area contributed by atoms with E-state index in [4.69, 9.17) is 5.73 Å². The molecule has 0 radical (unpaired) electrons. The number of pyridine rings is 1. The monoisotopic (exact) mass is 337 g/mol. The summed E-state index contributed by atoms with van der Waals surface area (Å²) in [6.07, 6.45) is 3.95. The molecule has 0 amide bonds. The van der Waals surface area contributed by atoms with Crippen LogP contribution in [-0.2, 0) is 12.3 Å². The zero-order chi connectivity index (χ0) is 16.4. The fourth-order valence-electron chi connectivity index (χ4n) is 2.44. The normalized spacial score (nSPS) is 11.2. The van der Waals surface area contributed by atoms with Crippen LogP contribution in [-0.4, -0.2) is 30.2 Å². The molecule has 1 aromatic carbocycles. The minimum Gasteiger partial charge on any atom is -0.384 e. The predicted octanol–water partition coefficient (Wildman–Crippen LogP) is 2.47. The number of nitrogen functional groups attached to an aromatic ring is 1. The summed E-state index contributed by atoms with van der Waals surface area (Å²) in [5.74, 6) is 1.23. The van der Waals surface area contributed by atoms with E-state index in [2.05, 4.69) is 43.8 Å². The van der Waals surface area contributed by atoms with Crippen molar-refractivity contribution < 1.29 is 0 Å². The van der Waals surface area contributed by atoms with Crippen LogP contribution in [0.15, 0.2) is 53.7 Å². The van der Waals surface area contributed by atoms with Gasteiger partial charge in [-0.1, -0.05) is 35.5 Å². The molecule has 3 N–H and O–H groups in total. The van der Waals surface area contributed by atoms with Gasteiger partial charge in [-0.2, -0.15) is 5.10 Å². The zero-order valence-corrected chi connectivity index (χ0v) is 13.6. The number of aromatic amines is 1. The van der Waals surface area contributed by atoms with Gasteiger partial charge in [0.15, 0.2) is 5.65 Å². The second-order valence-corrected chi connectivity index (χ2v) is 6.39. The van der Waals surface area contributed by atoms with Gasteiger partial charge in [0.25, 0.3) is 0 Å². The molecule has 0 aliphatic rings. The lowest BCUT2D eigenvalue weighted by molar-refractivity contribution is 0.686. The van der Waals surface area contributed by atoms with Gasteiger partial charge >= 0.3 is 0 Å². The number of fused-ring (bicyclic) bond motifs is 1. The summed E-state index contributed by atoms with van der Waals surface area (Å²) in [6, 6.07) is 12.1. The molecule has 120 valence electrons. The second kappa shape index (κ2) is 6.32. The summed E-state index contributed by atoms with van der Waals surface area (Å²) in [5.41, 5.74) is 9.55. The highest BCUT2D eigenvalue weighted by Crippen LogP contribution is 2.28. The Morgan fingerprint density at radius 3 is 2.92 bits per heavy atom. The Kier molecular flexibility index (Phi) is 3.87. The zero-order valence-electron chi connectivity index (χ0n) is 12.8. The van der Waals surface area contributed by atoms with E-state index in [0.29, 0.717) is 11.5 Å². The largest absolute Gasteiger partial charge is 0.384 e. The Morgan fingerprint density at radius 2 is 2.04 bits per heavy atom. The van der Waals surface area contributed by atoms with Crippen molar-refractivity contribution in [2.75, 3.05) is 5.73 Å². The highest BCUT2D eigenvalue weighted by atomic mass is 32.2. The van der Waals surface area contributed by atoms with E-state index in [9.17, 15) is 0 Å². The Balaban J connectivity index is 1.47. The van der Waals surface area contributed by atoms with E-state index in [1.54, 1.807) is 11.8 Å². The highest BCUT2D eigenvalue weighted by molar-refractivity contribution is 7.98. The van der Waals surface area contributed by atoms with Crippen molar-refractivity contribution in [1.29, 1.82) is 0 Å². The molecule has 0 saturated heterocycles. The number of nitrogens with one attached hydrogen (secondary N) is 1. The molecule has 0 fully saturated rings. The van der Waals surface area contributed by atoms with Crippen LogP contribution in [0.5, 0.6) is 0 Å². The maximum absolute atomic E-state index is 5.83. The summed E-state index contributed by atoms with van der Waals surface area (Å²) in [6.45, 7) is 0.765. The number of rotatable bonds is 5. The molecule has 0 spiro atoms. The third-order valence-electron chi connectivity index (χ3n) is 3.55. The molecule has 3 aromatic heterocycles. The van der Waals surface area contributed by atoms with Crippen LogP contribution in [0.4, 0.5) is 5.82 Å². The molecule has 0 unspecified atom stereocenters. The van der Waals surface area contributed by atoms with Crippen LogP contribution in [0.2, 0.25) is 0 Å². The molecule has 0 aliphatic carbocycles. The lowest BCUT2D eigenvalue weighted by Crippen LogP contribution is -1.99. The topological polar surface area (TPSA) is 98.3 Å². The van der Waals surface area contributed by atoms with Crippen molar-refractivity contribution in [2.45, 2.75) is 17.2 Å². The molecule has 24 heavy (non-hydrogen) atoms. The van der Waals surface area contributed by atoms with E-state index in [1.807, 2.05) is 35.1 Å². The molecule has 0 atom stereocenters. The number of hydrogen-bond donors (Lipinski definition) is 2. The van der Waals surface area contributed by atoms with Gasteiger partial charge in [-0.15, -0.1) is 16.9 Å². The number of H-pyrrole nitrogens is 1. The van der Waals surface area contributed by atoms with Crippen LogP contribution in [0.25, 0.3) is 11.2 Å². The van der Waals surface area contributed by atoms with Gasteiger partial charge in [-0.05, 0) is 11.6 Å². The number of aromatic nitrogens is 6. The fourth-order valence-corrected chi connectivity index (χ4v) is 3.39. The number of benzene rings is 1. The van der Waals surface area contributed by atoms with Gasteiger partial charge in [-0.3, -0.25) is 4.68 Å². The Morgan fingerprint density at radius 1 is 1.17 bits per heavy atom. The van der Waals surface area contributed by atoms with Crippen LogP contribution in [0, 0.1) is 0 Å². The molecule has 4 aromatic rings. The molecule has 7 nitrogen and oxygen atoms in total. The van der Waals surface area contributed by atoms with Gasteiger partial charge in [-0.25, -0.2) is 10.1 Å². The third kappa shape index (κ3) is 3.09. The van der Waals surface area contributed by atoms with E-state index < -0.39 is 0 Å². The first-order valence-electron chi connectivity index (χ1n) is 7.43. The first-order chi connectivity index (χ1) is 11.8. The average Bonchev–Trinajstić information content (AvgIpc) is 3.22. The molecule has 3 heterocycles. The quantitative estimate of drug-likeness (QED) is 0.543. The van der Waals surface area contributed by atoms with Gasteiger partial charge in [0.05, 0.1) is 12.7 Å². The predicted molar refractivity (Wildman–Crippen MR) is 93.4 cm³/mol. The molecule has 0 bridgehead atoms. The summed E-state index contributed by atoms with van der Waals surface area (Å²) in [7, 11) is 0. The van der Waals surface area contributed by atoms with E-state index in [0.717, 1.165) is 28.3 Å². The van der Waals surface area contributed by atoms with Crippen molar-refractivity contribution in [1.82, 2.24) is 30.2 Å². The van der Waals surface area contributed by atoms with E-state index >= 15 is 0 Å². The third-order valence-corrected chi connectivity index (χ3v) is 4.65. The fraction of sp³-hybridized carbons (Fsp3) is 0.125. The summed E-state index contributed by atoms with van der Waals surface area (Å²) < 4.78 is 1.94. The lowest BCUT2D eigenvalue weighted by Gasteiger charge is -2.02. The summed E-state index contributed by atoms with van der Waals surface area (Å²) in [4.78, 5) is 5.13. The minimum absolute atomic E-state index is 0.454. The molecular weight excluding hydrogens is 322 g/mol. The van der Waals surface area contributed by atoms with Gasteiger partial charge in [0.2, 0.25) is 0 Å². The van der Waals surface area contributed by atoms with E-state index in [-0.39, 0.29) is 0 Å². The first kappa shape index (κ1) is 14.7. The van der Waals surface area contributed by atoms with Crippen LogP contribution in [0.3, 0.4) is 0 Å². The van der Waals surface area contributed by atoms with Crippen molar-refractivity contribution in [2.24, 2.45) is 0 Å². The second-order valence-electron chi connectivity index (χ2n) is 5.37. The number of nitrogens with two attached hydrogens (primary N) is 1. The van der Waals surface area contributed by atoms with Crippen LogP contribution in [0.1, 0.15) is 11.1 Å². The Labute approximate surface area is 142 Å². The van der Waals surface area contributed by atoms with Crippen LogP contribution >= 0.6 is 11.8 Å². The van der Waals surface area contributed by atoms with Gasteiger partial charge in [0, 0.05) is 22.4 Å². The number of thioether (sulfide) groups is 1. The minimum atomic E-state index is 0.454. The van der Waals surface area contributed by atoms with Crippen LogP contribution < -0.4 is 5.73 Å².